The van der Waals surface area contributed by atoms with Gasteiger partial charge < -0.3 is 15.7 Å². The topological polar surface area (TPSA) is 120 Å². The second-order valence-corrected chi connectivity index (χ2v) is 13.2. The Bertz CT molecular complexity index is 1180. The highest BCUT2D eigenvalue weighted by Gasteiger charge is 2.40. The van der Waals surface area contributed by atoms with E-state index in [0.717, 1.165) is 5.56 Å². The third-order valence-electron chi connectivity index (χ3n) is 7.58. The number of quaternary nitrogens is 1. The summed E-state index contributed by atoms with van der Waals surface area (Å²) in [6.07, 6.45) is 0.488. The lowest BCUT2D eigenvalue weighted by Gasteiger charge is -2.34. The van der Waals surface area contributed by atoms with Gasteiger partial charge in [0.1, 0.15) is 18.2 Å². The fraction of sp³-hybridized carbons (Fsp3) is 0.548. The number of carbonyl (C=O) groups excluding carboxylic acids is 2. The summed E-state index contributed by atoms with van der Waals surface area (Å²) in [7, 11) is -0.523. The number of carbonyl (C=O) groups is 2. The molecule has 0 saturated carbocycles. The normalized spacial score (nSPS) is 15.7. The third-order valence-corrected chi connectivity index (χ3v) is 9.46. The lowest BCUT2D eigenvalue weighted by Crippen LogP contribution is -3.19. The molecule has 2 unspecified atom stereocenters. The minimum Gasteiger partial charge on any atom is -0.386 e. The SMILES string of the molecule is CCC(C)[C@H](NC(=O)CNC)C(=O)[NH+](C)[C@@H](Cc1ccccc1)[C@H](O)CN(CCC(C)C)S(=O)(=O)c1ccccc1. The predicted octanol–water partition coefficient (Wildman–Crippen LogP) is 1.49. The molecule has 10 heteroatoms. The van der Waals surface area contributed by atoms with Crippen LogP contribution in [0.5, 0.6) is 0 Å². The maximum absolute atomic E-state index is 13.9. The summed E-state index contributed by atoms with van der Waals surface area (Å²) in [5.74, 6) is -0.404. The molecule has 0 spiro atoms. The van der Waals surface area contributed by atoms with E-state index in [1.54, 1.807) is 44.4 Å². The van der Waals surface area contributed by atoms with Crippen molar-refractivity contribution in [2.75, 3.05) is 33.7 Å². The number of hydrogen-bond donors (Lipinski definition) is 4. The molecule has 5 atom stereocenters. The van der Waals surface area contributed by atoms with E-state index in [1.165, 1.54) is 4.31 Å². The first kappa shape index (κ1) is 34.6. The zero-order valence-electron chi connectivity index (χ0n) is 25.3. The molecule has 2 aromatic rings. The van der Waals surface area contributed by atoms with Crippen molar-refractivity contribution in [2.24, 2.45) is 11.8 Å². The smallest absolute Gasteiger partial charge is 0.334 e. The molecule has 9 nitrogen and oxygen atoms in total. The summed E-state index contributed by atoms with van der Waals surface area (Å²) in [5, 5.41) is 17.4. The minimum atomic E-state index is -3.88. The largest absolute Gasteiger partial charge is 0.386 e. The number of amides is 2. The first-order valence-electron chi connectivity index (χ1n) is 14.5. The van der Waals surface area contributed by atoms with E-state index in [0.29, 0.717) is 24.2 Å². The third kappa shape index (κ3) is 10.3. The molecular formula is C31H49N4O5S+. The van der Waals surface area contributed by atoms with Crippen molar-refractivity contribution in [1.82, 2.24) is 14.9 Å². The van der Waals surface area contributed by atoms with E-state index < -0.39 is 28.2 Å². The van der Waals surface area contributed by atoms with Crippen LogP contribution in [-0.4, -0.2) is 81.6 Å². The summed E-state index contributed by atoms with van der Waals surface area (Å²) < 4.78 is 28.7. The zero-order valence-corrected chi connectivity index (χ0v) is 26.2. The van der Waals surface area contributed by atoms with E-state index in [9.17, 15) is 23.1 Å². The van der Waals surface area contributed by atoms with Crippen molar-refractivity contribution in [3.63, 3.8) is 0 Å². The Hall–Kier alpha value is -2.63. The van der Waals surface area contributed by atoms with E-state index >= 15 is 0 Å². The Morgan fingerprint density at radius 3 is 2.12 bits per heavy atom. The lowest BCUT2D eigenvalue weighted by atomic mass is 9.94. The van der Waals surface area contributed by atoms with Gasteiger partial charge in [0.25, 0.3) is 0 Å². The molecule has 0 aliphatic rings. The van der Waals surface area contributed by atoms with Gasteiger partial charge in [-0.1, -0.05) is 82.6 Å². The van der Waals surface area contributed by atoms with Crippen molar-refractivity contribution < 1.29 is 28.0 Å². The Morgan fingerprint density at radius 1 is 1.00 bits per heavy atom. The molecule has 0 saturated heterocycles. The van der Waals surface area contributed by atoms with Crippen LogP contribution in [0.2, 0.25) is 0 Å². The highest BCUT2D eigenvalue weighted by atomic mass is 32.2. The van der Waals surface area contributed by atoms with Gasteiger partial charge >= 0.3 is 5.91 Å². The Morgan fingerprint density at radius 2 is 1.59 bits per heavy atom. The maximum atomic E-state index is 13.9. The molecule has 2 rings (SSSR count). The van der Waals surface area contributed by atoms with Crippen LogP contribution in [0.4, 0.5) is 0 Å². The maximum Gasteiger partial charge on any atom is 0.334 e. The van der Waals surface area contributed by atoms with Gasteiger partial charge in [-0.2, -0.15) is 4.31 Å². The number of aliphatic hydroxyl groups excluding tert-OH is 1. The van der Waals surface area contributed by atoms with Gasteiger partial charge in [0.2, 0.25) is 15.9 Å². The quantitative estimate of drug-likeness (QED) is 0.222. The van der Waals surface area contributed by atoms with Gasteiger partial charge in [-0.15, -0.1) is 0 Å². The number of nitrogens with zero attached hydrogens (tertiary/aromatic N) is 1. The second kappa shape index (κ2) is 16.7. The van der Waals surface area contributed by atoms with Gasteiger partial charge in [-0.25, -0.2) is 13.2 Å². The molecule has 41 heavy (non-hydrogen) atoms. The summed E-state index contributed by atoms with van der Waals surface area (Å²) in [4.78, 5) is 27.0. The Kier molecular flexibility index (Phi) is 14.1. The van der Waals surface area contributed by atoms with Gasteiger partial charge in [-0.05, 0) is 43.0 Å². The van der Waals surface area contributed by atoms with Crippen molar-refractivity contribution in [2.45, 2.75) is 70.0 Å². The molecule has 0 bridgehead atoms. The molecule has 0 heterocycles. The fourth-order valence-electron chi connectivity index (χ4n) is 4.75. The summed E-state index contributed by atoms with van der Waals surface area (Å²) in [6.45, 7) is 8.09. The number of nitrogens with one attached hydrogen (secondary N) is 3. The highest BCUT2D eigenvalue weighted by molar-refractivity contribution is 7.89. The van der Waals surface area contributed by atoms with Crippen LogP contribution in [0.3, 0.4) is 0 Å². The predicted molar refractivity (Wildman–Crippen MR) is 162 cm³/mol. The van der Waals surface area contributed by atoms with Gasteiger partial charge in [0.05, 0.1) is 18.5 Å². The Labute approximate surface area is 246 Å². The zero-order chi connectivity index (χ0) is 30.6. The average molecular weight is 590 g/mol. The molecule has 0 fully saturated rings. The van der Waals surface area contributed by atoms with E-state index in [-0.39, 0.29) is 48.2 Å². The molecule has 0 aliphatic heterocycles. The molecular weight excluding hydrogens is 540 g/mol. The number of benzene rings is 2. The van der Waals surface area contributed by atoms with Gasteiger partial charge in [0, 0.05) is 19.5 Å². The average Bonchev–Trinajstić information content (AvgIpc) is 2.96. The van der Waals surface area contributed by atoms with Crippen LogP contribution in [0, 0.1) is 11.8 Å². The van der Waals surface area contributed by atoms with E-state index in [1.807, 2.05) is 58.0 Å². The van der Waals surface area contributed by atoms with Crippen LogP contribution in [0.25, 0.3) is 0 Å². The Balaban J connectivity index is 2.44. The number of likely N-dealkylation sites (N-methyl/N-ethyl adjacent to an activating group) is 2. The number of hydrogen-bond acceptors (Lipinski definition) is 6. The number of rotatable bonds is 17. The van der Waals surface area contributed by atoms with Crippen LogP contribution in [0.15, 0.2) is 65.6 Å². The summed E-state index contributed by atoms with van der Waals surface area (Å²) in [6, 6.07) is 16.3. The molecule has 0 aliphatic carbocycles. The number of aliphatic hydroxyl groups is 1. The van der Waals surface area contributed by atoms with Gasteiger partial charge in [-0.3, -0.25) is 9.69 Å². The van der Waals surface area contributed by atoms with Crippen molar-refractivity contribution in [1.29, 1.82) is 0 Å². The van der Waals surface area contributed by atoms with E-state index in [4.69, 9.17) is 0 Å². The second-order valence-electron chi connectivity index (χ2n) is 11.2. The molecule has 4 N–H and O–H groups in total. The first-order chi connectivity index (χ1) is 19.4. The van der Waals surface area contributed by atoms with Gasteiger partial charge in [0.15, 0.2) is 0 Å². The minimum absolute atomic E-state index is 0.0808. The molecule has 228 valence electrons. The highest BCUT2D eigenvalue weighted by Crippen LogP contribution is 2.19. The lowest BCUT2D eigenvalue weighted by molar-refractivity contribution is -0.832. The first-order valence-corrected chi connectivity index (χ1v) is 15.9. The molecule has 2 amide bonds. The van der Waals surface area contributed by atoms with Crippen LogP contribution in [0.1, 0.15) is 46.1 Å². The summed E-state index contributed by atoms with van der Waals surface area (Å²) in [5.41, 5.74) is 0.919. The van der Waals surface area contributed by atoms with Crippen molar-refractivity contribution in [3.05, 3.63) is 66.2 Å². The monoisotopic (exact) mass is 589 g/mol. The van der Waals surface area contributed by atoms with Crippen molar-refractivity contribution in [3.8, 4) is 0 Å². The van der Waals surface area contributed by atoms with Crippen LogP contribution >= 0.6 is 0 Å². The fourth-order valence-corrected chi connectivity index (χ4v) is 6.24. The molecule has 0 radical (unpaired) electrons. The van der Waals surface area contributed by atoms with E-state index in [2.05, 4.69) is 10.6 Å². The summed E-state index contributed by atoms with van der Waals surface area (Å²) >= 11 is 0. The molecule has 2 aromatic carbocycles. The van der Waals surface area contributed by atoms with Crippen molar-refractivity contribution >= 4 is 21.8 Å². The molecule has 0 aromatic heterocycles. The van der Waals surface area contributed by atoms with Crippen LogP contribution < -0.4 is 15.5 Å². The number of sulfonamides is 1. The standard InChI is InChI=1S/C31H48N4O5S/c1-7-24(4)30(33-29(37)21-32-5)31(38)34(6)27(20-25-14-10-8-11-15-25)28(36)22-35(19-18-23(2)3)41(39,40)26-16-12-9-13-17-26/h8-17,23-24,27-28,30,32,36H,7,18-22H2,1-6H3,(H,33,37)/p+1/t24?,27-,28+,30-/m0/s1. The van der Waals surface area contributed by atoms with Crippen LogP contribution in [-0.2, 0) is 26.0 Å².